The zero-order valence-electron chi connectivity index (χ0n) is 6.85. The molecule has 13 heavy (non-hydrogen) atoms. The fourth-order valence-electron chi connectivity index (χ4n) is 0.869. The molecular weight excluding hydrogens is 198 g/mol. The summed E-state index contributed by atoms with van der Waals surface area (Å²) in [5, 5.41) is -0.543. The Balaban J connectivity index is 3.09. The highest BCUT2D eigenvalue weighted by Crippen LogP contribution is 2.27. The Hall–Kier alpha value is -1.09. The smallest absolute Gasteiger partial charge is 0.289 e. The van der Waals surface area contributed by atoms with Gasteiger partial charge >= 0.3 is 0 Å². The molecule has 0 amide bonds. The van der Waals surface area contributed by atoms with Gasteiger partial charge in [0.15, 0.2) is 0 Å². The molecule has 1 nitrogen and oxygen atoms in total. The van der Waals surface area contributed by atoms with Crippen LogP contribution < -0.4 is 4.74 Å². The zero-order valence-corrected chi connectivity index (χ0v) is 7.61. The lowest BCUT2D eigenvalue weighted by Crippen LogP contribution is -1.84. The third kappa shape index (κ3) is 2.42. The van der Waals surface area contributed by atoms with Crippen molar-refractivity contribution >= 4 is 16.6 Å². The molecule has 0 heterocycles. The molecule has 0 bridgehead atoms. The van der Waals surface area contributed by atoms with Crippen LogP contribution in [-0.2, 0) is 0 Å². The summed E-state index contributed by atoms with van der Waals surface area (Å²) < 4.78 is 29.0. The molecule has 0 unspecified atom stereocenters. The van der Waals surface area contributed by atoms with Crippen molar-refractivity contribution in [1.82, 2.24) is 0 Å². The van der Waals surface area contributed by atoms with Crippen LogP contribution in [-0.4, -0.2) is 7.11 Å². The number of rotatable bonds is 2. The number of benzene rings is 1. The first-order valence-electron chi connectivity index (χ1n) is 3.50. The van der Waals surface area contributed by atoms with Gasteiger partial charge in [0, 0.05) is 5.56 Å². The maximum atomic E-state index is 12.1. The Labute approximate surface area is 79.6 Å². The SMILES string of the molecule is COc1cccc(C(Cl)=C(F)F)c1. The van der Waals surface area contributed by atoms with Crippen molar-refractivity contribution in [1.29, 1.82) is 0 Å². The number of ether oxygens (including phenoxy) is 1. The molecule has 1 rings (SSSR count). The summed E-state index contributed by atoms with van der Waals surface area (Å²) in [6, 6.07) is 6.19. The van der Waals surface area contributed by atoms with E-state index < -0.39 is 11.1 Å². The average molecular weight is 205 g/mol. The van der Waals surface area contributed by atoms with Gasteiger partial charge in [0.25, 0.3) is 6.08 Å². The summed E-state index contributed by atoms with van der Waals surface area (Å²) in [6.45, 7) is 0. The molecular formula is C9H7ClF2O. The quantitative estimate of drug-likeness (QED) is 0.717. The van der Waals surface area contributed by atoms with Gasteiger partial charge in [-0.15, -0.1) is 0 Å². The summed E-state index contributed by atoms with van der Waals surface area (Å²) in [6.07, 6.45) is -1.89. The third-order valence-corrected chi connectivity index (χ3v) is 1.85. The Kier molecular flexibility index (Phi) is 3.25. The minimum Gasteiger partial charge on any atom is -0.497 e. The highest BCUT2D eigenvalue weighted by atomic mass is 35.5. The van der Waals surface area contributed by atoms with Crippen LogP contribution in [0.15, 0.2) is 30.3 Å². The second-order valence-corrected chi connectivity index (χ2v) is 2.68. The molecule has 1 aromatic carbocycles. The van der Waals surface area contributed by atoms with Crippen molar-refractivity contribution in [2.24, 2.45) is 0 Å². The molecule has 1 aromatic rings. The lowest BCUT2D eigenvalue weighted by molar-refractivity contribution is 0.414. The van der Waals surface area contributed by atoms with Crippen LogP contribution in [0.25, 0.3) is 5.03 Å². The van der Waals surface area contributed by atoms with E-state index in [1.54, 1.807) is 12.1 Å². The van der Waals surface area contributed by atoms with Crippen LogP contribution in [0.4, 0.5) is 8.78 Å². The molecule has 0 N–H and O–H groups in total. The minimum atomic E-state index is -1.89. The monoisotopic (exact) mass is 204 g/mol. The van der Waals surface area contributed by atoms with Gasteiger partial charge < -0.3 is 4.74 Å². The highest BCUT2D eigenvalue weighted by molar-refractivity contribution is 6.48. The van der Waals surface area contributed by atoms with E-state index in [0.717, 1.165) is 0 Å². The summed E-state index contributed by atoms with van der Waals surface area (Å²) in [7, 11) is 1.46. The van der Waals surface area contributed by atoms with Crippen molar-refractivity contribution in [3.8, 4) is 5.75 Å². The fraction of sp³-hybridized carbons (Fsp3) is 0.111. The molecule has 0 aliphatic heterocycles. The summed E-state index contributed by atoms with van der Waals surface area (Å²) in [4.78, 5) is 0. The van der Waals surface area contributed by atoms with Crippen molar-refractivity contribution in [3.63, 3.8) is 0 Å². The van der Waals surface area contributed by atoms with Crippen LogP contribution in [0, 0.1) is 0 Å². The van der Waals surface area contributed by atoms with E-state index >= 15 is 0 Å². The van der Waals surface area contributed by atoms with Gasteiger partial charge in [0.05, 0.1) is 7.11 Å². The molecule has 0 saturated carbocycles. The molecule has 4 heteroatoms. The molecule has 0 fully saturated rings. The van der Waals surface area contributed by atoms with E-state index in [1.165, 1.54) is 19.2 Å². The van der Waals surface area contributed by atoms with E-state index in [0.29, 0.717) is 5.75 Å². The highest BCUT2D eigenvalue weighted by Gasteiger charge is 2.06. The maximum absolute atomic E-state index is 12.1. The van der Waals surface area contributed by atoms with E-state index in [2.05, 4.69) is 0 Å². The van der Waals surface area contributed by atoms with Crippen molar-refractivity contribution in [2.75, 3.05) is 7.11 Å². The first kappa shape index (κ1) is 9.99. The lowest BCUT2D eigenvalue weighted by Gasteiger charge is -2.01. The van der Waals surface area contributed by atoms with Gasteiger partial charge in [0.2, 0.25) is 0 Å². The summed E-state index contributed by atoms with van der Waals surface area (Å²) in [5.74, 6) is 0.497. The molecule has 0 atom stereocenters. The predicted octanol–water partition coefficient (Wildman–Crippen LogP) is 3.50. The van der Waals surface area contributed by atoms with Gasteiger partial charge in [-0.05, 0) is 12.1 Å². The fourth-order valence-corrected chi connectivity index (χ4v) is 0.986. The molecule has 70 valence electrons. The molecule has 0 radical (unpaired) electrons. The topological polar surface area (TPSA) is 9.23 Å². The molecule has 0 saturated heterocycles. The Bertz CT molecular complexity index is 332. The van der Waals surface area contributed by atoms with Crippen LogP contribution in [0.1, 0.15) is 5.56 Å². The number of hydrogen-bond donors (Lipinski definition) is 0. The summed E-state index contributed by atoms with van der Waals surface area (Å²) in [5.41, 5.74) is 0.251. The van der Waals surface area contributed by atoms with Crippen molar-refractivity contribution in [3.05, 3.63) is 35.9 Å². The van der Waals surface area contributed by atoms with Crippen molar-refractivity contribution < 1.29 is 13.5 Å². The van der Waals surface area contributed by atoms with Gasteiger partial charge in [-0.2, -0.15) is 8.78 Å². The predicted molar refractivity (Wildman–Crippen MR) is 48.0 cm³/mol. The van der Waals surface area contributed by atoms with Crippen LogP contribution in [0.5, 0.6) is 5.75 Å². The molecule has 0 spiro atoms. The van der Waals surface area contributed by atoms with E-state index in [9.17, 15) is 8.78 Å². The molecule has 0 aliphatic carbocycles. The first-order valence-corrected chi connectivity index (χ1v) is 3.88. The molecule has 0 aliphatic rings. The lowest BCUT2D eigenvalue weighted by atomic mass is 10.2. The zero-order chi connectivity index (χ0) is 9.84. The standard InChI is InChI=1S/C9H7ClF2O/c1-13-7-4-2-3-6(5-7)8(10)9(11)12/h2-5H,1H3. The van der Waals surface area contributed by atoms with Gasteiger partial charge in [-0.25, -0.2) is 0 Å². The number of hydrogen-bond acceptors (Lipinski definition) is 1. The second-order valence-electron chi connectivity index (χ2n) is 2.31. The molecule has 0 aromatic heterocycles. The van der Waals surface area contributed by atoms with E-state index in [4.69, 9.17) is 16.3 Å². The van der Waals surface area contributed by atoms with Gasteiger partial charge in [-0.1, -0.05) is 23.7 Å². The van der Waals surface area contributed by atoms with Crippen LogP contribution in [0.3, 0.4) is 0 Å². The largest absolute Gasteiger partial charge is 0.497 e. The van der Waals surface area contributed by atoms with E-state index in [-0.39, 0.29) is 5.56 Å². The van der Waals surface area contributed by atoms with E-state index in [1.807, 2.05) is 0 Å². The number of halogens is 3. The Morgan fingerprint density at radius 3 is 2.62 bits per heavy atom. The van der Waals surface area contributed by atoms with Gasteiger partial charge in [0.1, 0.15) is 10.8 Å². The maximum Gasteiger partial charge on any atom is 0.289 e. The third-order valence-electron chi connectivity index (χ3n) is 1.49. The second kappa shape index (κ2) is 4.23. The minimum absolute atomic E-state index is 0.251. The normalized spacial score (nSPS) is 9.54. The Morgan fingerprint density at radius 2 is 2.08 bits per heavy atom. The first-order chi connectivity index (χ1) is 6.15. The van der Waals surface area contributed by atoms with Crippen molar-refractivity contribution in [2.45, 2.75) is 0 Å². The number of methoxy groups -OCH3 is 1. The van der Waals surface area contributed by atoms with Crippen LogP contribution in [0.2, 0.25) is 0 Å². The van der Waals surface area contributed by atoms with Crippen LogP contribution >= 0.6 is 11.6 Å². The average Bonchev–Trinajstić information content (AvgIpc) is 2.16. The Morgan fingerprint density at radius 1 is 1.38 bits per heavy atom. The summed E-state index contributed by atoms with van der Waals surface area (Å²) >= 11 is 5.34. The van der Waals surface area contributed by atoms with Gasteiger partial charge in [-0.3, -0.25) is 0 Å².